The molecule has 1 saturated heterocycles. The Morgan fingerprint density at radius 2 is 1.94 bits per heavy atom. The lowest BCUT2D eigenvalue weighted by Crippen LogP contribution is -2.35. The predicted molar refractivity (Wildman–Crippen MR) is 122 cm³/mol. The number of hydrogen-bond acceptors (Lipinski definition) is 4. The standard InChI is InChI=1S/C23H26FN5OS/c1-17-4-2-5-18(16-17)22-25-26-23(31)29(22)13-10-21(30)28-12-3-11-27(14-15-28)20-8-6-19(24)7-9-20/h2,4-9,16H,3,10-15H2,1H3,(H,26,31). The third-order valence-corrected chi connectivity index (χ3v) is 5.94. The molecule has 1 N–H and O–H groups in total. The fraction of sp³-hybridized carbons (Fsp3) is 0.348. The molecule has 0 radical (unpaired) electrons. The molecule has 0 bridgehead atoms. The van der Waals surface area contributed by atoms with Crippen LogP contribution in [-0.4, -0.2) is 51.8 Å². The van der Waals surface area contributed by atoms with Crippen molar-refractivity contribution in [2.45, 2.75) is 26.3 Å². The highest BCUT2D eigenvalue weighted by Crippen LogP contribution is 2.20. The summed E-state index contributed by atoms with van der Waals surface area (Å²) >= 11 is 5.40. The highest BCUT2D eigenvalue weighted by atomic mass is 32.1. The summed E-state index contributed by atoms with van der Waals surface area (Å²) in [7, 11) is 0. The molecule has 2 heterocycles. The molecule has 4 rings (SSSR count). The summed E-state index contributed by atoms with van der Waals surface area (Å²) in [5.74, 6) is 0.623. The molecule has 1 aromatic heterocycles. The maximum Gasteiger partial charge on any atom is 0.224 e. The Morgan fingerprint density at radius 1 is 1.13 bits per heavy atom. The molecule has 2 aromatic carbocycles. The molecular weight excluding hydrogens is 413 g/mol. The third kappa shape index (κ3) is 5.02. The molecule has 8 heteroatoms. The van der Waals surface area contributed by atoms with Gasteiger partial charge in [-0.1, -0.05) is 23.8 Å². The Morgan fingerprint density at radius 3 is 2.71 bits per heavy atom. The van der Waals surface area contributed by atoms with Gasteiger partial charge in [-0.3, -0.25) is 14.5 Å². The smallest absolute Gasteiger partial charge is 0.224 e. The molecule has 0 aliphatic carbocycles. The van der Waals surface area contributed by atoms with E-state index in [1.54, 1.807) is 12.1 Å². The van der Waals surface area contributed by atoms with E-state index in [-0.39, 0.29) is 11.7 Å². The Hall–Kier alpha value is -3.00. The SMILES string of the molecule is Cc1cccc(-c2n[nH]c(=S)n2CCC(=O)N2CCCN(c3ccc(F)cc3)CC2)c1. The second-order valence-electron chi connectivity index (χ2n) is 7.82. The van der Waals surface area contributed by atoms with Crippen molar-refractivity contribution in [3.63, 3.8) is 0 Å². The molecule has 1 aliphatic rings. The Kier molecular flexibility index (Phi) is 6.46. The zero-order valence-corrected chi connectivity index (χ0v) is 18.4. The van der Waals surface area contributed by atoms with Crippen molar-refractivity contribution in [3.05, 3.63) is 64.7 Å². The number of aromatic amines is 1. The largest absolute Gasteiger partial charge is 0.370 e. The van der Waals surface area contributed by atoms with E-state index >= 15 is 0 Å². The topological polar surface area (TPSA) is 57.2 Å². The molecule has 3 aromatic rings. The lowest BCUT2D eigenvalue weighted by atomic mass is 10.1. The van der Waals surface area contributed by atoms with Crippen LogP contribution in [0.5, 0.6) is 0 Å². The zero-order valence-electron chi connectivity index (χ0n) is 17.6. The monoisotopic (exact) mass is 439 g/mol. The fourth-order valence-corrected chi connectivity index (χ4v) is 4.20. The highest BCUT2D eigenvalue weighted by molar-refractivity contribution is 7.71. The van der Waals surface area contributed by atoms with Gasteiger partial charge >= 0.3 is 0 Å². The van der Waals surface area contributed by atoms with E-state index in [1.807, 2.05) is 34.6 Å². The molecule has 6 nitrogen and oxygen atoms in total. The molecule has 162 valence electrons. The molecule has 0 saturated carbocycles. The Balaban J connectivity index is 1.39. The van der Waals surface area contributed by atoms with E-state index in [0.717, 1.165) is 48.7 Å². The molecule has 1 fully saturated rings. The first kappa shape index (κ1) is 21.2. The van der Waals surface area contributed by atoms with Crippen LogP contribution in [0.15, 0.2) is 48.5 Å². The van der Waals surface area contributed by atoms with Crippen LogP contribution in [0.1, 0.15) is 18.4 Å². The summed E-state index contributed by atoms with van der Waals surface area (Å²) in [6.45, 7) is 5.47. The minimum absolute atomic E-state index is 0.110. The molecule has 0 atom stereocenters. The first-order valence-corrected chi connectivity index (χ1v) is 10.9. The summed E-state index contributed by atoms with van der Waals surface area (Å²) in [5.41, 5.74) is 3.11. The van der Waals surface area contributed by atoms with E-state index in [4.69, 9.17) is 12.2 Å². The van der Waals surface area contributed by atoms with Crippen molar-refractivity contribution in [2.24, 2.45) is 0 Å². The summed E-state index contributed by atoms with van der Waals surface area (Å²) in [5, 5.41) is 7.22. The van der Waals surface area contributed by atoms with Crippen molar-refractivity contribution in [3.8, 4) is 11.4 Å². The number of nitrogens with one attached hydrogen (secondary N) is 1. The molecule has 0 unspecified atom stereocenters. The first-order valence-electron chi connectivity index (χ1n) is 10.5. The van der Waals surface area contributed by atoms with Crippen molar-refractivity contribution >= 4 is 23.8 Å². The maximum absolute atomic E-state index is 13.2. The molecule has 31 heavy (non-hydrogen) atoms. The number of aryl methyl sites for hydroxylation is 1. The minimum atomic E-state index is -0.238. The average molecular weight is 440 g/mol. The van der Waals surface area contributed by atoms with Gasteiger partial charge in [-0.05, 0) is 55.9 Å². The van der Waals surface area contributed by atoms with Gasteiger partial charge in [-0.2, -0.15) is 5.10 Å². The van der Waals surface area contributed by atoms with Gasteiger partial charge in [-0.15, -0.1) is 0 Å². The molecule has 1 amide bonds. The van der Waals surface area contributed by atoms with Crippen molar-refractivity contribution in [1.82, 2.24) is 19.7 Å². The van der Waals surface area contributed by atoms with Crippen molar-refractivity contribution in [2.75, 3.05) is 31.1 Å². The second-order valence-corrected chi connectivity index (χ2v) is 8.21. The number of carbonyl (C=O) groups excluding carboxylic acids is 1. The summed E-state index contributed by atoms with van der Waals surface area (Å²) < 4.78 is 15.6. The van der Waals surface area contributed by atoms with E-state index in [0.29, 0.717) is 24.3 Å². The van der Waals surface area contributed by atoms with Gasteiger partial charge in [0, 0.05) is 50.4 Å². The van der Waals surface area contributed by atoms with Gasteiger partial charge in [0.1, 0.15) is 5.82 Å². The number of anilines is 1. The number of nitrogens with zero attached hydrogens (tertiary/aromatic N) is 4. The zero-order chi connectivity index (χ0) is 21.8. The highest BCUT2D eigenvalue weighted by Gasteiger charge is 2.20. The number of H-pyrrole nitrogens is 1. The van der Waals surface area contributed by atoms with Gasteiger partial charge in [-0.25, -0.2) is 4.39 Å². The average Bonchev–Trinajstić information content (AvgIpc) is 2.97. The second kappa shape index (κ2) is 9.43. The number of carbonyl (C=O) groups is 1. The van der Waals surface area contributed by atoms with E-state index in [9.17, 15) is 9.18 Å². The first-order chi connectivity index (χ1) is 15.0. The number of aromatic nitrogens is 3. The van der Waals surface area contributed by atoms with Crippen LogP contribution in [0.25, 0.3) is 11.4 Å². The minimum Gasteiger partial charge on any atom is -0.370 e. The van der Waals surface area contributed by atoms with Gasteiger partial charge in [0.05, 0.1) is 0 Å². The van der Waals surface area contributed by atoms with Gasteiger partial charge < -0.3 is 9.80 Å². The van der Waals surface area contributed by atoms with Crippen LogP contribution >= 0.6 is 12.2 Å². The van der Waals surface area contributed by atoms with E-state index < -0.39 is 0 Å². The Labute approximate surface area is 186 Å². The Bertz CT molecular complexity index is 1110. The molecular formula is C23H26FN5OS. The van der Waals surface area contributed by atoms with Crippen molar-refractivity contribution in [1.29, 1.82) is 0 Å². The third-order valence-electron chi connectivity index (χ3n) is 5.62. The summed E-state index contributed by atoms with van der Waals surface area (Å²) in [4.78, 5) is 17.0. The van der Waals surface area contributed by atoms with Crippen LogP contribution in [0.2, 0.25) is 0 Å². The summed E-state index contributed by atoms with van der Waals surface area (Å²) in [6.07, 6.45) is 1.24. The number of benzene rings is 2. The van der Waals surface area contributed by atoms with E-state index in [1.165, 1.54) is 12.1 Å². The number of hydrogen-bond donors (Lipinski definition) is 1. The van der Waals surface area contributed by atoms with E-state index in [2.05, 4.69) is 21.2 Å². The van der Waals surface area contributed by atoms with Gasteiger partial charge in [0.15, 0.2) is 10.6 Å². The van der Waals surface area contributed by atoms with Gasteiger partial charge in [0.2, 0.25) is 5.91 Å². The quantitative estimate of drug-likeness (QED) is 0.606. The number of amides is 1. The lowest BCUT2D eigenvalue weighted by Gasteiger charge is -2.24. The number of rotatable bonds is 5. The van der Waals surface area contributed by atoms with Crippen molar-refractivity contribution < 1.29 is 9.18 Å². The van der Waals surface area contributed by atoms with Crippen LogP contribution in [0.3, 0.4) is 0 Å². The molecule has 1 aliphatic heterocycles. The van der Waals surface area contributed by atoms with Crippen LogP contribution in [0, 0.1) is 17.5 Å². The summed E-state index contributed by atoms with van der Waals surface area (Å²) in [6, 6.07) is 14.6. The van der Waals surface area contributed by atoms with Crippen LogP contribution in [-0.2, 0) is 11.3 Å². The maximum atomic E-state index is 13.2. The molecule has 0 spiro atoms. The van der Waals surface area contributed by atoms with Gasteiger partial charge in [0.25, 0.3) is 0 Å². The normalized spacial score (nSPS) is 14.5. The lowest BCUT2D eigenvalue weighted by molar-refractivity contribution is -0.131. The number of halogens is 1. The van der Waals surface area contributed by atoms with Crippen LogP contribution < -0.4 is 4.90 Å². The fourth-order valence-electron chi connectivity index (χ4n) is 3.97. The van der Waals surface area contributed by atoms with Crippen LogP contribution in [0.4, 0.5) is 10.1 Å². The predicted octanol–water partition coefficient (Wildman–Crippen LogP) is 4.18.